The third-order valence-corrected chi connectivity index (χ3v) is 6.00. The van der Waals surface area contributed by atoms with Crippen LogP contribution in [0.1, 0.15) is 53.6 Å². The summed E-state index contributed by atoms with van der Waals surface area (Å²) in [5.74, 6) is 1.13. The first-order chi connectivity index (χ1) is 16.2. The molecule has 1 heterocycles. The average molecular weight is 465 g/mol. The van der Waals surface area contributed by atoms with E-state index < -0.39 is 0 Å². The summed E-state index contributed by atoms with van der Waals surface area (Å²) in [6.07, 6.45) is 8.00. The second-order valence-electron chi connectivity index (χ2n) is 8.30. The van der Waals surface area contributed by atoms with Gasteiger partial charge in [0.25, 0.3) is 5.91 Å². The molecule has 1 amide bonds. The topological polar surface area (TPSA) is 76.1 Å². The summed E-state index contributed by atoms with van der Waals surface area (Å²) in [5, 5.41) is 6.51. The number of amides is 1. The lowest BCUT2D eigenvalue weighted by Gasteiger charge is -2.24. The van der Waals surface area contributed by atoms with Gasteiger partial charge in [0.15, 0.2) is 0 Å². The summed E-state index contributed by atoms with van der Waals surface area (Å²) in [4.78, 5) is 21.1. The Bertz CT molecular complexity index is 1040. The number of rotatable bonds is 9. The Labute approximate surface area is 199 Å². The van der Waals surface area contributed by atoms with Gasteiger partial charge in [-0.05, 0) is 54.1 Å². The van der Waals surface area contributed by atoms with Gasteiger partial charge in [0.05, 0.1) is 0 Å². The van der Waals surface area contributed by atoms with Crippen LogP contribution in [-0.2, 0) is 13.0 Å². The number of ether oxygens (including phenoxy) is 1. The van der Waals surface area contributed by atoms with E-state index in [-0.39, 0.29) is 11.2 Å². The Kier molecular flexibility index (Phi) is 8.14. The molecule has 1 saturated carbocycles. The zero-order valence-electron chi connectivity index (χ0n) is 18.6. The number of nitrogens with one attached hydrogen (secondary N) is 2. The van der Waals surface area contributed by atoms with Gasteiger partial charge in [-0.25, -0.2) is 4.98 Å². The number of hydrogen-bond donors (Lipinski definition) is 2. The van der Waals surface area contributed by atoms with Crippen molar-refractivity contribution in [2.75, 3.05) is 11.9 Å². The first-order valence-corrected chi connectivity index (χ1v) is 11.9. The number of benzene rings is 2. The van der Waals surface area contributed by atoms with Crippen molar-refractivity contribution in [3.05, 3.63) is 82.8 Å². The molecule has 1 fully saturated rings. The van der Waals surface area contributed by atoms with Gasteiger partial charge in [0.1, 0.15) is 23.7 Å². The second kappa shape index (κ2) is 11.7. The summed E-state index contributed by atoms with van der Waals surface area (Å²) < 4.78 is 5.83. The summed E-state index contributed by atoms with van der Waals surface area (Å²) in [6.45, 7) is 1.05. The molecule has 0 spiro atoms. The maximum absolute atomic E-state index is 12.8. The van der Waals surface area contributed by atoms with E-state index >= 15 is 0 Å². The number of aromatic nitrogens is 2. The van der Waals surface area contributed by atoms with Crippen LogP contribution in [0.5, 0.6) is 5.75 Å². The number of hydrogen-bond acceptors (Lipinski definition) is 5. The van der Waals surface area contributed by atoms with Crippen molar-refractivity contribution in [2.24, 2.45) is 0 Å². The van der Waals surface area contributed by atoms with Crippen LogP contribution in [-0.4, -0.2) is 28.5 Å². The van der Waals surface area contributed by atoms with Crippen molar-refractivity contribution in [1.29, 1.82) is 0 Å². The van der Waals surface area contributed by atoms with E-state index in [1.807, 2.05) is 54.6 Å². The molecule has 4 rings (SSSR count). The van der Waals surface area contributed by atoms with E-state index in [9.17, 15) is 4.79 Å². The minimum absolute atomic E-state index is 0.138. The molecule has 0 atom stereocenters. The Morgan fingerprint density at radius 1 is 1.00 bits per heavy atom. The van der Waals surface area contributed by atoms with Gasteiger partial charge < -0.3 is 15.4 Å². The molecule has 6 nitrogen and oxygen atoms in total. The van der Waals surface area contributed by atoms with E-state index in [4.69, 9.17) is 16.3 Å². The van der Waals surface area contributed by atoms with Crippen LogP contribution >= 0.6 is 11.6 Å². The number of anilines is 1. The largest absolute Gasteiger partial charge is 0.489 e. The van der Waals surface area contributed by atoms with E-state index in [0.29, 0.717) is 37.0 Å². The number of carbonyl (C=O) groups is 1. The zero-order valence-corrected chi connectivity index (χ0v) is 19.4. The van der Waals surface area contributed by atoms with Crippen molar-refractivity contribution in [2.45, 2.75) is 51.2 Å². The van der Waals surface area contributed by atoms with Crippen LogP contribution < -0.4 is 15.4 Å². The van der Waals surface area contributed by atoms with E-state index in [2.05, 4.69) is 20.6 Å². The lowest BCUT2D eigenvalue weighted by atomic mass is 9.95. The van der Waals surface area contributed by atoms with Crippen LogP contribution in [0, 0.1) is 0 Å². The van der Waals surface area contributed by atoms with Crippen LogP contribution in [0.3, 0.4) is 0 Å². The lowest BCUT2D eigenvalue weighted by molar-refractivity contribution is 0.0954. The zero-order chi connectivity index (χ0) is 22.9. The Morgan fingerprint density at radius 2 is 1.76 bits per heavy atom. The second-order valence-corrected chi connectivity index (χ2v) is 8.64. The molecular formula is C26H29ClN4O2. The molecule has 0 unspecified atom stereocenters. The summed E-state index contributed by atoms with van der Waals surface area (Å²) >= 11 is 5.99. The summed E-state index contributed by atoms with van der Waals surface area (Å²) in [7, 11) is 0. The molecule has 2 N–H and O–H groups in total. The fraction of sp³-hybridized carbons (Fsp3) is 0.346. The highest BCUT2D eigenvalue weighted by Gasteiger charge is 2.19. The average Bonchev–Trinajstić information content (AvgIpc) is 2.85. The molecule has 0 aliphatic heterocycles. The minimum atomic E-state index is -0.201. The molecule has 1 aromatic heterocycles. The van der Waals surface area contributed by atoms with Gasteiger partial charge in [-0.1, -0.05) is 61.7 Å². The highest BCUT2D eigenvalue weighted by Crippen LogP contribution is 2.23. The van der Waals surface area contributed by atoms with Gasteiger partial charge in [-0.3, -0.25) is 4.79 Å². The van der Waals surface area contributed by atoms with Crippen LogP contribution in [0.25, 0.3) is 0 Å². The van der Waals surface area contributed by atoms with Crippen LogP contribution in [0.4, 0.5) is 5.82 Å². The van der Waals surface area contributed by atoms with Gasteiger partial charge in [0.2, 0.25) is 5.28 Å². The molecule has 0 radical (unpaired) electrons. The van der Waals surface area contributed by atoms with E-state index in [1.54, 1.807) is 0 Å². The first-order valence-electron chi connectivity index (χ1n) is 11.5. The maximum Gasteiger partial charge on any atom is 0.256 e. The third kappa shape index (κ3) is 6.93. The monoisotopic (exact) mass is 464 g/mol. The SMILES string of the molecule is O=C(NCCc1ccc(OCc2ccccc2)cc1)c1cnc(Cl)nc1NC1CCCCC1. The summed E-state index contributed by atoms with van der Waals surface area (Å²) in [5.41, 5.74) is 2.68. The van der Waals surface area contributed by atoms with Gasteiger partial charge in [-0.2, -0.15) is 4.98 Å². The fourth-order valence-electron chi connectivity index (χ4n) is 3.99. The molecule has 33 heavy (non-hydrogen) atoms. The number of nitrogens with zero attached hydrogens (tertiary/aromatic N) is 2. The molecule has 0 bridgehead atoms. The van der Waals surface area contributed by atoms with Gasteiger partial charge >= 0.3 is 0 Å². The number of halogens is 1. The summed E-state index contributed by atoms with van der Waals surface area (Å²) in [6, 6.07) is 18.4. The third-order valence-electron chi connectivity index (χ3n) is 5.82. The molecule has 172 valence electrons. The van der Waals surface area contributed by atoms with Crippen molar-refractivity contribution >= 4 is 23.3 Å². The lowest BCUT2D eigenvalue weighted by Crippen LogP contribution is -2.29. The molecule has 7 heteroatoms. The number of carbonyl (C=O) groups excluding carboxylic acids is 1. The predicted molar refractivity (Wildman–Crippen MR) is 131 cm³/mol. The van der Waals surface area contributed by atoms with Gasteiger partial charge in [-0.15, -0.1) is 0 Å². The quantitative estimate of drug-likeness (QED) is 0.413. The van der Waals surface area contributed by atoms with Crippen molar-refractivity contribution < 1.29 is 9.53 Å². The van der Waals surface area contributed by atoms with E-state index in [1.165, 1.54) is 25.5 Å². The van der Waals surface area contributed by atoms with Gasteiger partial charge in [0, 0.05) is 18.8 Å². The molecule has 1 aliphatic carbocycles. The van der Waals surface area contributed by atoms with Crippen LogP contribution in [0.15, 0.2) is 60.8 Å². The van der Waals surface area contributed by atoms with Crippen molar-refractivity contribution in [3.8, 4) is 5.75 Å². The molecular weight excluding hydrogens is 436 g/mol. The molecule has 0 saturated heterocycles. The molecule has 2 aromatic carbocycles. The highest BCUT2D eigenvalue weighted by atomic mass is 35.5. The molecule has 3 aromatic rings. The first kappa shape index (κ1) is 23.1. The van der Waals surface area contributed by atoms with Crippen LogP contribution in [0.2, 0.25) is 5.28 Å². The van der Waals surface area contributed by atoms with E-state index in [0.717, 1.165) is 29.7 Å². The highest BCUT2D eigenvalue weighted by molar-refractivity contribution is 6.28. The molecule has 1 aliphatic rings. The maximum atomic E-state index is 12.8. The fourth-order valence-corrected chi connectivity index (χ4v) is 4.12. The Hall–Kier alpha value is -3.12. The normalized spacial score (nSPS) is 14.0. The van der Waals surface area contributed by atoms with Crippen molar-refractivity contribution in [1.82, 2.24) is 15.3 Å². The standard InChI is InChI=1S/C26H29ClN4O2/c27-26-29-17-23(24(31-26)30-21-9-5-2-6-10-21)25(32)28-16-15-19-11-13-22(14-12-19)33-18-20-7-3-1-4-8-20/h1,3-4,7-8,11-14,17,21H,2,5-6,9-10,15-16,18H2,(H,28,32)(H,29,30,31). The Balaban J connectivity index is 1.27. The predicted octanol–water partition coefficient (Wildman–Crippen LogP) is 5.43. The Morgan fingerprint density at radius 3 is 2.52 bits per heavy atom. The van der Waals surface area contributed by atoms with Crippen molar-refractivity contribution in [3.63, 3.8) is 0 Å². The minimum Gasteiger partial charge on any atom is -0.489 e. The smallest absolute Gasteiger partial charge is 0.256 e.